The Morgan fingerprint density at radius 3 is 2.55 bits per heavy atom. The standard InChI is InChI=1S/C18H18ClNO2/c1-13-4-2-3-5-17(13)22-16-8-6-15(7-9-16)20-12-14(11-19)10-18(20)21/h2-9,14H,10-12H2,1H3. The van der Waals surface area contributed by atoms with Crippen LogP contribution in [0.5, 0.6) is 11.5 Å². The molecule has 114 valence electrons. The summed E-state index contributed by atoms with van der Waals surface area (Å²) in [6.45, 7) is 2.71. The molecule has 1 saturated heterocycles. The number of benzene rings is 2. The van der Waals surface area contributed by atoms with Gasteiger partial charge in [0.15, 0.2) is 0 Å². The number of carbonyl (C=O) groups is 1. The summed E-state index contributed by atoms with van der Waals surface area (Å²) in [5.41, 5.74) is 1.99. The van der Waals surface area contributed by atoms with Crippen LogP contribution in [-0.2, 0) is 4.79 Å². The van der Waals surface area contributed by atoms with Crippen molar-refractivity contribution < 1.29 is 9.53 Å². The number of carbonyl (C=O) groups excluding carboxylic acids is 1. The second-order valence-corrected chi connectivity index (χ2v) is 5.90. The molecule has 1 atom stereocenters. The zero-order valence-corrected chi connectivity index (χ0v) is 13.2. The van der Waals surface area contributed by atoms with Crippen LogP contribution in [0.4, 0.5) is 5.69 Å². The van der Waals surface area contributed by atoms with Gasteiger partial charge in [-0.15, -0.1) is 11.6 Å². The lowest BCUT2D eigenvalue weighted by atomic mass is 10.1. The van der Waals surface area contributed by atoms with Crippen LogP contribution in [0.2, 0.25) is 0 Å². The molecule has 3 nitrogen and oxygen atoms in total. The third-order valence-electron chi connectivity index (χ3n) is 3.89. The molecular formula is C18H18ClNO2. The van der Waals surface area contributed by atoms with Crippen molar-refractivity contribution in [2.45, 2.75) is 13.3 Å². The molecule has 0 N–H and O–H groups in total. The highest BCUT2D eigenvalue weighted by Crippen LogP contribution is 2.29. The molecule has 2 aromatic rings. The molecule has 3 rings (SSSR count). The van der Waals surface area contributed by atoms with Gasteiger partial charge in [-0.2, -0.15) is 0 Å². The van der Waals surface area contributed by atoms with Crippen molar-refractivity contribution in [1.29, 1.82) is 0 Å². The van der Waals surface area contributed by atoms with Crippen molar-refractivity contribution in [2.24, 2.45) is 5.92 Å². The molecule has 2 aromatic carbocycles. The summed E-state index contributed by atoms with van der Waals surface area (Å²) in [5.74, 6) is 2.51. The van der Waals surface area contributed by atoms with Crippen molar-refractivity contribution in [3.05, 3.63) is 54.1 Å². The summed E-state index contributed by atoms with van der Waals surface area (Å²) < 4.78 is 5.87. The maximum atomic E-state index is 12.0. The van der Waals surface area contributed by atoms with E-state index in [1.54, 1.807) is 4.90 Å². The highest BCUT2D eigenvalue weighted by Gasteiger charge is 2.29. The highest BCUT2D eigenvalue weighted by molar-refractivity contribution is 6.18. The second kappa shape index (κ2) is 6.41. The Hall–Kier alpha value is -2.00. The summed E-state index contributed by atoms with van der Waals surface area (Å²) in [6.07, 6.45) is 0.533. The van der Waals surface area contributed by atoms with Crippen LogP contribution in [0.15, 0.2) is 48.5 Å². The van der Waals surface area contributed by atoms with Gasteiger partial charge in [-0.3, -0.25) is 4.79 Å². The molecular weight excluding hydrogens is 298 g/mol. The summed E-state index contributed by atoms with van der Waals surface area (Å²) in [5, 5.41) is 0. The fourth-order valence-corrected chi connectivity index (χ4v) is 2.83. The summed E-state index contributed by atoms with van der Waals surface area (Å²) in [7, 11) is 0. The van der Waals surface area contributed by atoms with Gasteiger partial charge in [0.25, 0.3) is 0 Å². The van der Waals surface area contributed by atoms with Crippen LogP contribution in [0.1, 0.15) is 12.0 Å². The Bertz CT molecular complexity index is 669. The molecule has 0 bridgehead atoms. The maximum absolute atomic E-state index is 12.0. The van der Waals surface area contributed by atoms with Gasteiger partial charge in [0.1, 0.15) is 11.5 Å². The normalized spacial score (nSPS) is 17.8. The molecule has 1 aliphatic heterocycles. The van der Waals surface area contributed by atoms with Crippen LogP contribution in [0.3, 0.4) is 0 Å². The quantitative estimate of drug-likeness (QED) is 0.784. The number of halogens is 1. The number of rotatable bonds is 4. The zero-order valence-electron chi connectivity index (χ0n) is 12.5. The molecule has 1 aliphatic rings. The molecule has 0 aromatic heterocycles. The van der Waals surface area contributed by atoms with Gasteiger partial charge in [0.05, 0.1) is 0 Å². The van der Waals surface area contributed by atoms with E-state index in [-0.39, 0.29) is 11.8 Å². The Labute approximate surface area is 135 Å². The highest BCUT2D eigenvalue weighted by atomic mass is 35.5. The monoisotopic (exact) mass is 315 g/mol. The molecule has 1 fully saturated rings. The van der Waals surface area contributed by atoms with Crippen molar-refractivity contribution in [3.63, 3.8) is 0 Å². The van der Waals surface area contributed by atoms with Gasteiger partial charge in [-0.1, -0.05) is 18.2 Å². The molecule has 0 saturated carbocycles. The third kappa shape index (κ3) is 3.09. The lowest BCUT2D eigenvalue weighted by Crippen LogP contribution is -2.24. The fourth-order valence-electron chi connectivity index (χ4n) is 2.63. The Balaban J connectivity index is 1.73. The van der Waals surface area contributed by atoms with Crippen molar-refractivity contribution >= 4 is 23.2 Å². The van der Waals surface area contributed by atoms with E-state index in [4.69, 9.17) is 16.3 Å². The molecule has 0 spiro atoms. The number of para-hydroxylation sites is 1. The van der Waals surface area contributed by atoms with E-state index in [0.29, 0.717) is 18.8 Å². The zero-order chi connectivity index (χ0) is 15.5. The topological polar surface area (TPSA) is 29.5 Å². The first-order chi connectivity index (χ1) is 10.7. The van der Waals surface area contributed by atoms with Gasteiger partial charge in [0.2, 0.25) is 5.91 Å². The number of ether oxygens (including phenoxy) is 1. The van der Waals surface area contributed by atoms with Crippen molar-refractivity contribution in [1.82, 2.24) is 0 Å². The van der Waals surface area contributed by atoms with Crippen molar-refractivity contribution in [3.8, 4) is 11.5 Å². The minimum Gasteiger partial charge on any atom is -0.457 e. The van der Waals surface area contributed by atoms with Gasteiger partial charge >= 0.3 is 0 Å². The Morgan fingerprint density at radius 1 is 1.18 bits per heavy atom. The Kier molecular flexibility index (Phi) is 4.34. The molecule has 1 amide bonds. The van der Waals surface area contributed by atoms with Gasteiger partial charge in [-0.25, -0.2) is 0 Å². The number of amides is 1. The average Bonchev–Trinajstić information content (AvgIpc) is 2.91. The van der Waals surface area contributed by atoms with Crippen LogP contribution in [0, 0.1) is 12.8 Å². The first kappa shape index (κ1) is 14.9. The van der Waals surface area contributed by atoms with Gasteiger partial charge < -0.3 is 9.64 Å². The summed E-state index contributed by atoms with van der Waals surface area (Å²) in [6, 6.07) is 15.5. The van der Waals surface area contributed by atoms with E-state index in [9.17, 15) is 4.79 Å². The third-order valence-corrected chi connectivity index (χ3v) is 4.33. The van der Waals surface area contributed by atoms with Crippen LogP contribution in [-0.4, -0.2) is 18.3 Å². The average molecular weight is 316 g/mol. The number of alkyl halides is 1. The van der Waals surface area contributed by atoms with Crippen LogP contribution < -0.4 is 9.64 Å². The predicted octanol–water partition coefficient (Wildman–Crippen LogP) is 4.38. The first-order valence-corrected chi connectivity index (χ1v) is 7.90. The fraction of sp³-hybridized carbons (Fsp3) is 0.278. The largest absolute Gasteiger partial charge is 0.457 e. The lowest BCUT2D eigenvalue weighted by Gasteiger charge is -2.17. The Morgan fingerprint density at radius 2 is 1.91 bits per heavy atom. The number of anilines is 1. The minimum absolute atomic E-state index is 0.137. The van der Waals surface area contributed by atoms with Crippen LogP contribution in [0.25, 0.3) is 0 Å². The van der Waals surface area contributed by atoms with Gasteiger partial charge in [0, 0.05) is 24.5 Å². The first-order valence-electron chi connectivity index (χ1n) is 7.37. The van der Waals surface area contributed by atoms with Crippen molar-refractivity contribution in [2.75, 3.05) is 17.3 Å². The lowest BCUT2D eigenvalue weighted by molar-refractivity contribution is -0.117. The molecule has 1 unspecified atom stereocenters. The summed E-state index contributed by atoms with van der Waals surface area (Å²) >= 11 is 5.86. The summed E-state index contributed by atoms with van der Waals surface area (Å²) in [4.78, 5) is 13.8. The smallest absolute Gasteiger partial charge is 0.227 e. The van der Waals surface area contributed by atoms with E-state index >= 15 is 0 Å². The molecule has 1 heterocycles. The SMILES string of the molecule is Cc1ccccc1Oc1ccc(N2CC(CCl)CC2=O)cc1. The van der Waals surface area contributed by atoms with E-state index in [2.05, 4.69) is 0 Å². The molecule has 0 radical (unpaired) electrons. The van der Waals surface area contributed by atoms with E-state index in [1.165, 1.54) is 0 Å². The second-order valence-electron chi connectivity index (χ2n) is 5.59. The van der Waals surface area contributed by atoms with Gasteiger partial charge in [-0.05, 0) is 48.7 Å². The molecule has 22 heavy (non-hydrogen) atoms. The van der Waals surface area contributed by atoms with E-state index < -0.39 is 0 Å². The van der Waals surface area contributed by atoms with Crippen LogP contribution >= 0.6 is 11.6 Å². The van der Waals surface area contributed by atoms with E-state index in [1.807, 2.05) is 55.5 Å². The van der Waals surface area contributed by atoms with E-state index in [0.717, 1.165) is 22.7 Å². The molecule has 4 heteroatoms. The predicted molar refractivity (Wildman–Crippen MR) is 88.9 cm³/mol. The molecule has 0 aliphatic carbocycles. The minimum atomic E-state index is 0.137. The number of hydrogen-bond donors (Lipinski definition) is 0. The number of nitrogens with zero attached hydrogens (tertiary/aromatic N) is 1. The maximum Gasteiger partial charge on any atom is 0.227 e. The number of aryl methyl sites for hydroxylation is 1. The number of hydrogen-bond acceptors (Lipinski definition) is 2.